The Balaban J connectivity index is 1.65. The van der Waals surface area contributed by atoms with E-state index in [4.69, 9.17) is 21.8 Å². The summed E-state index contributed by atoms with van der Waals surface area (Å²) in [5.41, 5.74) is 9.51. The third-order valence-electron chi connectivity index (χ3n) is 4.54. The smallest absolute Gasteiger partial charge is 0.289 e. The Hall–Kier alpha value is -3.84. The van der Waals surface area contributed by atoms with Crippen LogP contribution >= 0.6 is 11.6 Å². The maximum atomic E-state index is 12.6. The minimum absolute atomic E-state index is 0.0202. The molecule has 2 amide bonds. The van der Waals surface area contributed by atoms with E-state index in [2.05, 4.69) is 15.6 Å². The molecular formula is C22H17ClN4O3. The number of nitrogens with one attached hydrogen (secondary N) is 2. The predicted molar refractivity (Wildman–Crippen MR) is 117 cm³/mol. The van der Waals surface area contributed by atoms with Crippen molar-refractivity contribution in [1.29, 1.82) is 0 Å². The molecule has 0 spiro atoms. The van der Waals surface area contributed by atoms with E-state index in [-0.39, 0.29) is 17.4 Å². The number of nitrogen functional groups attached to an aromatic ring is 1. The summed E-state index contributed by atoms with van der Waals surface area (Å²) >= 11 is 5.97. The highest BCUT2D eigenvalue weighted by Crippen LogP contribution is 2.30. The zero-order valence-corrected chi connectivity index (χ0v) is 16.7. The molecule has 4 aromatic rings. The molecule has 0 aliphatic rings. The maximum absolute atomic E-state index is 12.6. The van der Waals surface area contributed by atoms with Crippen molar-refractivity contribution >= 4 is 45.9 Å². The summed E-state index contributed by atoms with van der Waals surface area (Å²) in [6.45, 7) is 0. The van der Waals surface area contributed by atoms with Crippen LogP contribution in [0.3, 0.4) is 0 Å². The number of furan rings is 1. The second-order valence-electron chi connectivity index (χ2n) is 6.54. The van der Waals surface area contributed by atoms with Gasteiger partial charge in [0.25, 0.3) is 11.8 Å². The van der Waals surface area contributed by atoms with E-state index in [0.29, 0.717) is 27.4 Å². The highest BCUT2D eigenvalue weighted by molar-refractivity contribution is 6.31. The van der Waals surface area contributed by atoms with Crippen LogP contribution in [0.1, 0.15) is 20.9 Å². The van der Waals surface area contributed by atoms with E-state index in [1.807, 2.05) is 6.07 Å². The van der Waals surface area contributed by atoms with Crippen molar-refractivity contribution in [1.82, 2.24) is 10.3 Å². The zero-order valence-electron chi connectivity index (χ0n) is 15.9. The minimum atomic E-state index is -0.424. The molecule has 4 rings (SSSR count). The van der Waals surface area contributed by atoms with E-state index < -0.39 is 5.91 Å². The number of aromatic nitrogens is 1. The summed E-state index contributed by atoms with van der Waals surface area (Å²) in [5.74, 6) is -0.671. The lowest BCUT2D eigenvalue weighted by atomic mass is 10.0. The van der Waals surface area contributed by atoms with Crippen LogP contribution in [-0.2, 0) is 0 Å². The first-order chi connectivity index (χ1) is 14.5. The van der Waals surface area contributed by atoms with E-state index in [1.54, 1.807) is 54.7 Å². The summed E-state index contributed by atoms with van der Waals surface area (Å²) in [6, 6.07) is 15.8. The molecule has 0 saturated heterocycles. The molecule has 150 valence electrons. The number of rotatable bonds is 4. The topological polar surface area (TPSA) is 110 Å². The van der Waals surface area contributed by atoms with E-state index in [9.17, 15) is 9.59 Å². The number of hydrogen-bond acceptors (Lipinski definition) is 5. The van der Waals surface area contributed by atoms with E-state index >= 15 is 0 Å². The van der Waals surface area contributed by atoms with Gasteiger partial charge in [-0.3, -0.25) is 9.59 Å². The van der Waals surface area contributed by atoms with Gasteiger partial charge in [-0.25, -0.2) is 4.98 Å². The number of nitrogens with zero attached hydrogens (tertiary/aromatic N) is 1. The maximum Gasteiger partial charge on any atom is 0.289 e. The molecule has 0 atom stereocenters. The van der Waals surface area contributed by atoms with Crippen LogP contribution in [0.25, 0.3) is 22.2 Å². The van der Waals surface area contributed by atoms with Gasteiger partial charge in [0, 0.05) is 35.1 Å². The van der Waals surface area contributed by atoms with Crippen LogP contribution in [0, 0.1) is 0 Å². The van der Waals surface area contributed by atoms with Crippen molar-refractivity contribution < 1.29 is 14.0 Å². The summed E-state index contributed by atoms with van der Waals surface area (Å²) in [7, 11) is 1.49. The molecule has 0 radical (unpaired) electrons. The lowest BCUT2D eigenvalue weighted by molar-refractivity contribution is 0.0938. The van der Waals surface area contributed by atoms with Crippen molar-refractivity contribution in [3.63, 3.8) is 0 Å². The average Bonchev–Trinajstić information content (AvgIpc) is 3.09. The first-order valence-electron chi connectivity index (χ1n) is 9.03. The summed E-state index contributed by atoms with van der Waals surface area (Å²) in [6.07, 6.45) is 1.62. The second kappa shape index (κ2) is 7.88. The van der Waals surface area contributed by atoms with Gasteiger partial charge in [0.15, 0.2) is 5.58 Å². The average molecular weight is 421 g/mol. The first kappa shape index (κ1) is 19.5. The molecule has 2 aromatic carbocycles. The van der Waals surface area contributed by atoms with Gasteiger partial charge in [0.05, 0.1) is 0 Å². The number of benzene rings is 2. The Bertz CT molecular complexity index is 1280. The molecule has 0 aliphatic carbocycles. The van der Waals surface area contributed by atoms with E-state index in [1.165, 1.54) is 7.05 Å². The van der Waals surface area contributed by atoms with Crippen molar-refractivity contribution in [2.75, 3.05) is 18.1 Å². The molecule has 8 heteroatoms. The summed E-state index contributed by atoms with van der Waals surface area (Å²) in [4.78, 5) is 28.8. The van der Waals surface area contributed by atoms with Gasteiger partial charge in [0.2, 0.25) is 5.76 Å². The number of fused-ring (bicyclic) bond motifs is 1. The van der Waals surface area contributed by atoms with Crippen molar-refractivity contribution in [2.24, 2.45) is 0 Å². The number of anilines is 2. The van der Waals surface area contributed by atoms with E-state index in [0.717, 1.165) is 11.1 Å². The Morgan fingerprint density at radius 2 is 1.83 bits per heavy atom. The highest BCUT2D eigenvalue weighted by Gasteiger charge is 2.19. The van der Waals surface area contributed by atoms with Crippen LogP contribution < -0.4 is 16.4 Å². The number of halogens is 1. The Morgan fingerprint density at radius 3 is 2.60 bits per heavy atom. The van der Waals surface area contributed by atoms with Gasteiger partial charge in [-0.1, -0.05) is 29.8 Å². The van der Waals surface area contributed by atoms with Crippen LogP contribution in [0.5, 0.6) is 0 Å². The highest BCUT2D eigenvalue weighted by atomic mass is 35.5. The molecule has 0 aliphatic heterocycles. The molecule has 7 nitrogen and oxygen atoms in total. The molecular weight excluding hydrogens is 404 g/mol. The normalized spacial score (nSPS) is 10.7. The first-order valence-corrected chi connectivity index (χ1v) is 9.41. The van der Waals surface area contributed by atoms with Gasteiger partial charge < -0.3 is 20.8 Å². The number of amides is 2. The predicted octanol–water partition coefficient (Wildman–Crippen LogP) is 4.34. The molecule has 0 saturated carbocycles. The second-order valence-corrected chi connectivity index (χ2v) is 6.98. The number of hydrogen-bond donors (Lipinski definition) is 3. The SMILES string of the molecule is CNC(=O)c1oc2cc(-c3cccc(C(=O)Nc4cccc(Cl)c4)c3)cnc2c1N. The van der Waals surface area contributed by atoms with Crippen molar-refractivity contribution in [3.05, 3.63) is 77.1 Å². The third-order valence-corrected chi connectivity index (χ3v) is 4.77. The number of nitrogens with two attached hydrogens (primary N) is 1. The standard InChI is InChI=1S/C22H17ClN4O3/c1-25-22(29)20-18(24)19-17(30-20)9-14(11-26-19)12-4-2-5-13(8-12)21(28)27-16-7-3-6-15(23)10-16/h2-11H,24H2,1H3,(H,25,29)(H,27,28). The molecule has 0 fully saturated rings. The van der Waals surface area contributed by atoms with Gasteiger partial charge >= 0.3 is 0 Å². The zero-order chi connectivity index (χ0) is 21.3. The lowest BCUT2D eigenvalue weighted by Crippen LogP contribution is -2.18. The molecule has 4 N–H and O–H groups in total. The largest absolute Gasteiger partial charge is 0.447 e. The summed E-state index contributed by atoms with van der Waals surface area (Å²) < 4.78 is 5.59. The molecule has 0 unspecified atom stereocenters. The van der Waals surface area contributed by atoms with Crippen LogP contribution in [-0.4, -0.2) is 23.8 Å². The minimum Gasteiger partial charge on any atom is -0.447 e. The fraction of sp³-hybridized carbons (Fsp3) is 0.0455. The quantitative estimate of drug-likeness (QED) is 0.454. The van der Waals surface area contributed by atoms with Crippen LogP contribution in [0.15, 0.2) is 65.2 Å². The van der Waals surface area contributed by atoms with Gasteiger partial charge in [-0.2, -0.15) is 0 Å². The van der Waals surface area contributed by atoms with Gasteiger partial charge in [0.1, 0.15) is 11.2 Å². The Kier molecular flexibility index (Phi) is 5.12. The van der Waals surface area contributed by atoms with Crippen molar-refractivity contribution in [3.8, 4) is 11.1 Å². The number of carbonyl (C=O) groups excluding carboxylic acids is 2. The van der Waals surface area contributed by atoms with Crippen LogP contribution in [0.4, 0.5) is 11.4 Å². The van der Waals surface area contributed by atoms with Crippen molar-refractivity contribution in [2.45, 2.75) is 0 Å². The van der Waals surface area contributed by atoms with Crippen LogP contribution in [0.2, 0.25) is 5.02 Å². The molecule has 0 bridgehead atoms. The fourth-order valence-electron chi connectivity index (χ4n) is 3.05. The monoisotopic (exact) mass is 420 g/mol. The summed E-state index contributed by atoms with van der Waals surface area (Å²) in [5, 5.41) is 5.83. The lowest BCUT2D eigenvalue weighted by Gasteiger charge is -2.07. The Labute approximate surface area is 176 Å². The van der Waals surface area contributed by atoms with Gasteiger partial charge in [-0.05, 0) is 42.0 Å². The van der Waals surface area contributed by atoms with Gasteiger partial charge in [-0.15, -0.1) is 0 Å². The third kappa shape index (κ3) is 3.70. The molecule has 30 heavy (non-hydrogen) atoms. The number of carbonyl (C=O) groups is 2. The fourth-order valence-corrected chi connectivity index (χ4v) is 3.24. The number of pyridine rings is 1. The molecule has 2 heterocycles. The molecule has 2 aromatic heterocycles. The Morgan fingerprint density at radius 1 is 1.03 bits per heavy atom.